The number of hydrogen-bond donors (Lipinski definition) is 1. The summed E-state index contributed by atoms with van der Waals surface area (Å²) in [5, 5.41) is 9.55. The SMILES string of the molecule is CC/C=C(/O)Cc1cc(C)cc(C)c1. The summed E-state index contributed by atoms with van der Waals surface area (Å²) in [6, 6.07) is 6.38. The molecule has 0 aromatic heterocycles. The fourth-order valence-electron chi connectivity index (χ4n) is 1.69. The Hall–Kier alpha value is -1.24. The van der Waals surface area contributed by atoms with Crippen LogP contribution in [0.3, 0.4) is 0 Å². The van der Waals surface area contributed by atoms with E-state index >= 15 is 0 Å². The van der Waals surface area contributed by atoms with E-state index in [0.717, 1.165) is 6.42 Å². The molecule has 0 amide bonds. The molecule has 0 aliphatic carbocycles. The summed E-state index contributed by atoms with van der Waals surface area (Å²) in [6.07, 6.45) is 3.39. The molecule has 0 unspecified atom stereocenters. The van der Waals surface area contributed by atoms with E-state index in [0.29, 0.717) is 12.2 Å². The summed E-state index contributed by atoms with van der Waals surface area (Å²) in [6.45, 7) is 6.19. The fourth-order valence-corrected chi connectivity index (χ4v) is 1.69. The number of hydrogen-bond acceptors (Lipinski definition) is 1. The first kappa shape index (κ1) is 10.8. The van der Waals surface area contributed by atoms with Gasteiger partial charge in [0.1, 0.15) is 0 Å². The van der Waals surface area contributed by atoms with Crippen molar-refractivity contribution in [2.45, 2.75) is 33.6 Å². The zero-order chi connectivity index (χ0) is 10.6. The second-order valence-corrected chi connectivity index (χ2v) is 3.78. The Morgan fingerprint density at radius 3 is 2.29 bits per heavy atom. The Morgan fingerprint density at radius 1 is 1.21 bits per heavy atom. The average Bonchev–Trinajstić information content (AvgIpc) is 2.01. The van der Waals surface area contributed by atoms with Gasteiger partial charge in [0.15, 0.2) is 0 Å². The van der Waals surface area contributed by atoms with Gasteiger partial charge in [-0.15, -0.1) is 0 Å². The third-order valence-electron chi connectivity index (χ3n) is 2.11. The number of allylic oxidation sites excluding steroid dienone is 2. The van der Waals surface area contributed by atoms with Gasteiger partial charge >= 0.3 is 0 Å². The van der Waals surface area contributed by atoms with Crippen molar-refractivity contribution >= 4 is 0 Å². The number of aliphatic hydroxyl groups excluding tert-OH is 1. The molecule has 0 spiro atoms. The van der Waals surface area contributed by atoms with Crippen LogP contribution < -0.4 is 0 Å². The molecule has 1 aromatic rings. The maximum atomic E-state index is 9.55. The maximum Gasteiger partial charge on any atom is 0.0926 e. The van der Waals surface area contributed by atoms with Gasteiger partial charge in [-0.05, 0) is 31.9 Å². The van der Waals surface area contributed by atoms with Crippen LogP contribution >= 0.6 is 0 Å². The van der Waals surface area contributed by atoms with Crippen LogP contribution in [0, 0.1) is 13.8 Å². The van der Waals surface area contributed by atoms with Crippen LogP contribution in [-0.2, 0) is 6.42 Å². The molecule has 0 bridgehead atoms. The molecule has 14 heavy (non-hydrogen) atoms. The van der Waals surface area contributed by atoms with Crippen molar-refractivity contribution in [1.82, 2.24) is 0 Å². The smallest absolute Gasteiger partial charge is 0.0926 e. The van der Waals surface area contributed by atoms with Crippen molar-refractivity contribution < 1.29 is 5.11 Å². The van der Waals surface area contributed by atoms with E-state index in [9.17, 15) is 5.11 Å². The molecule has 0 aliphatic heterocycles. The third kappa shape index (κ3) is 3.25. The predicted octanol–water partition coefficient (Wildman–Crippen LogP) is 3.70. The van der Waals surface area contributed by atoms with Crippen LogP contribution in [0.1, 0.15) is 30.0 Å². The topological polar surface area (TPSA) is 20.2 Å². The molecule has 1 N–H and O–H groups in total. The quantitative estimate of drug-likeness (QED) is 0.720. The first-order valence-electron chi connectivity index (χ1n) is 5.07. The van der Waals surface area contributed by atoms with Crippen LogP contribution in [0.4, 0.5) is 0 Å². The van der Waals surface area contributed by atoms with E-state index in [2.05, 4.69) is 32.0 Å². The molecule has 1 heteroatoms. The van der Waals surface area contributed by atoms with Crippen molar-refractivity contribution in [3.8, 4) is 0 Å². The highest BCUT2D eigenvalue weighted by molar-refractivity contribution is 5.30. The lowest BCUT2D eigenvalue weighted by atomic mass is 10.0. The summed E-state index contributed by atoms with van der Waals surface area (Å²) < 4.78 is 0. The second kappa shape index (κ2) is 4.85. The molecule has 0 radical (unpaired) electrons. The van der Waals surface area contributed by atoms with E-state index in [4.69, 9.17) is 0 Å². The zero-order valence-electron chi connectivity index (χ0n) is 9.17. The monoisotopic (exact) mass is 190 g/mol. The van der Waals surface area contributed by atoms with Crippen LogP contribution in [0.5, 0.6) is 0 Å². The van der Waals surface area contributed by atoms with Gasteiger partial charge in [-0.25, -0.2) is 0 Å². The van der Waals surface area contributed by atoms with Gasteiger partial charge in [-0.1, -0.05) is 36.2 Å². The molecule has 1 aromatic carbocycles. The second-order valence-electron chi connectivity index (χ2n) is 3.78. The van der Waals surface area contributed by atoms with Crippen LogP contribution in [0.15, 0.2) is 30.0 Å². The van der Waals surface area contributed by atoms with E-state index in [1.54, 1.807) is 0 Å². The molecule has 0 heterocycles. The van der Waals surface area contributed by atoms with Crippen molar-refractivity contribution in [3.05, 3.63) is 46.7 Å². The highest BCUT2D eigenvalue weighted by Gasteiger charge is 1.98. The van der Waals surface area contributed by atoms with Crippen molar-refractivity contribution in [1.29, 1.82) is 0 Å². The minimum Gasteiger partial charge on any atom is -0.512 e. The van der Waals surface area contributed by atoms with E-state index in [-0.39, 0.29) is 0 Å². The Morgan fingerprint density at radius 2 is 1.79 bits per heavy atom. The minimum absolute atomic E-state index is 0.470. The largest absolute Gasteiger partial charge is 0.512 e. The van der Waals surface area contributed by atoms with Crippen LogP contribution in [-0.4, -0.2) is 5.11 Å². The third-order valence-corrected chi connectivity index (χ3v) is 2.11. The Kier molecular flexibility index (Phi) is 3.75. The predicted molar refractivity (Wildman–Crippen MR) is 60.6 cm³/mol. The average molecular weight is 190 g/mol. The summed E-state index contributed by atoms with van der Waals surface area (Å²) in [5.41, 5.74) is 3.69. The molecule has 1 rings (SSSR count). The molecule has 0 aliphatic rings. The van der Waals surface area contributed by atoms with Crippen molar-refractivity contribution in [2.75, 3.05) is 0 Å². The normalized spacial score (nSPS) is 11.8. The molecule has 76 valence electrons. The molecule has 0 atom stereocenters. The summed E-state index contributed by atoms with van der Waals surface area (Å²) >= 11 is 0. The van der Waals surface area contributed by atoms with Crippen LogP contribution in [0.2, 0.25) is 0 Å². The van der Waals surface area contributed by atoms with Gasteiger partial charge in [0.25, 0.3) is 0 Å². The summed E-state index contributed by atoms with van der Waals surface area (Å²) in [4.78, 5) is 0. The Balaban J connectivity index is 2.81. The van der Waals surface area contributed by atoms with Crippen molar-refractivity contribution in [2.24, 2.45) is 0 Å². The molecular weight excluding hydrogens is 172 g/mol. The van der Waals surface area contributed by atoms with Gasteiger partial charge < -0.3 is 5.11 Å². The number of rotatable bonds is 3. The Labute approximate surface area is 86.1 Å². The lowest BCUT2D eigenvalue weighted by Crippen LogP contribution is -1.91. The highest BCUT2D eigenvalue weighted by atomic mass is 16.3. The van der Waals surface area contributed by atoms with Gasteiger partial charge in [0, 0.05) is 6.42 Å². The zero-order valence-corrected chi connectivity index (χ0v) is 9.17. The maximum absolute atomic E-state index is 9.55. The van der Waals surface area contributed by atoms with E-state index in [1.165, 1.54) is 16.7 Å². The molecule has 0 saturated heterocycles. The number of aliphatic hydroxyl groups is 1. The van der Waals surface area contributed by atoms with Gasteiger partial charge in [0.2, 0.25) is 0 Å². The number of aryl methyl sites for hydroxylation is 2. The highest BCUT2D eigenvalue weighted by Crippen LogP contribution is 2.12. The fraction of sp³-hybridized carbons (Fsp3) is 0.385. The van der Waals surface area contributed by atoms with Crippen LogP contribution in [0.25, 0.3) is 0 Å². The Bertz CT molecular complexity index is 317. The first-order valence-corrected chi connectivity index (χ1v) is 5.07. The molecule has 0 saturated carbocycles. The lowest BCUT2D eigenvalue weighted by Gasteiger charge is -2.04. The minimum atomic E-state index is 0.470. The van der Waals surface area contributed by atoms with E-state index < -0.39 is 0 Å². The van der Waals surface area contributed by atoms with Crippen molar-refractivity contribution in [3.63, 3.8) is 0 Å². The summed E-state index contributed by atoms with van der Waals surface area (Å²) in [5.74, 6) is 0.470. The standard InChI is InChI=1S/C13H18O/c1-4-5-13(14)9-12-7-10(2)6-11(3)8-12/h5-8,14H,4,9H2,1-3H3/b13-5+. The number of benzene rings is 1. The van der Waals surface area contributed by atoms with E-state index in [1.807, 2.05) is 13.0 Å². The van der Waals surface area contributed by atoms with Gasteiger partial charge in [-0.2, -0.15) is 0 Å². The molecule has 0 fully saturated rings. The lowest BCUT2D eigenvalue weighted by molar-refractivity contribution is 0.396. The van der Waals surface area contributed by atoms with Gasteiger partial charge in [0.05, 0.1) is 5.76 Å². The van der Waals surface area contributed by atoms with Gasteiger partial charge in [-0.3, -0.25) is 0 Å². The molecular formula is C13H18O. The summed E-state index contributed by atoms with van der Waals surface area (Å²) in [7, 11) is 0. The molecule has 1 nitrogen and oxygen atoms in total. The first-order chi connectivity index (χ1) is 6.61.